The minimum Gasteiger partial charge on any atom is -0.476 e. The van der Waals surface area contributed by atoms with E-state index in [1.165, 1.54) is 16.7 Å². The van der Waals surface area contributed by atoms with Crippen LogP contribution in [0.25, 0.3) is 11.3 Å². The molecule has 0 unspecified atom stereocenters. The Hall–Kier alpha value is -2.10. The van der Waals surface area contributed by atoms with E-state index >= 15 is 0 Å². The summed E-state index contributed by atoms with van der Waals surface area (Å²) in [7, 11) is 0. The largest absolute Gasteiger partial charge is 0.476 e. The van der Waals surface area contributed by atoms with Gasteiger partial charge in [-0.2, -0.15) is 5.10 Å². The topological polar surface area (TPSA) is 55.1 Å². The molecule has 0 saturated heterocycles. The van der Waals surface area contributed by atoms with Crippen LogP contribution in [0.2, 0.25) is 0 Å². The molecule has 0 amide bonds. The van der Waals surface area contributed by atoms with E-state index < -0.39 is 5.97 Å². The van der Waals surface area contributed by atoms with Crippen molar-refractivity contribution in [3.8, 4) is 11.3 Å². The molecule has 4 heteroatoms. The molecule has 0 aliphatic heterocycles. The molecular formula is C15H16N2O2. The summed E-state index contributed by atoms with van der Waals surface area (Å²) in [5.41, 5.74) is 6.86. The molecule has 1 N–H and O–H groups in total. The van der Waals surface area contributed by atoms with Crippen molar-refractivity contribution in [2.75, 3.05) is 0 Å². The number of aromatic nitrogens is 2. The molecule has 0 bridgehead atoms. The van der Waals surface area contributed by atoms with E-state index in [-0.39, 0.29) is 5.69 Å². The number of carbonyl (C=O) groups is 1. The fraction of sp³-hybridized carbons (Fsp3) is 0.333. The molecule has 1 heterocycles. The van der Waals surface area contributed by atoms with E-state index in [9.17, 15) is 9.90 Å². The van der Waals surface area contributed by atoms with E-state index in [4.69, 9.17) is 0 Å². The summed E-state index contributed by atoms with van der Waals surface area (Å²) >= 11 is 0. The predicted octanol–water partition coefficient (Wildman–Crippen LogP) is 2.79. The lowest BCUT2D eigenvalue weighted by molar-refractivity contribution is 0.0688. The van der Waals surface area contributed by atoms with Gasteiger partial charge in [-0.3, -0.25) is 4.68 Å². The maximum absolute atomic E-state index is 11.3. The van der Waals surface area contributed by atoms with Crippen LogP contribution in [0.4, 0.5) is 0 Å². The Kier molecular flexibility index (Phi) is 2.49. The van der Waals surface area contributed by atoms with Gasteiger partial charge in [0.1, 0.15) is 0 Å². The molecule has 0 fully saturated rings. The van der Waals surface area contributed by atoms with Gasteiger partial charge in [-0.05, 0) is 43.5 Å². The lowest BCUT2D eigenvalue weighted by Crippen LogP contribution is -2.04. The average molecular weight is 256 g/mol. The molecule has 98 valence electrons. The summed E-state index contributed by atoms with van der Waals surface area (Å²) in [6.07, 6.45) is 0.674. The molecule has 0 spiro atoms. The quantitative estimate of drug-likeness (QED) is 0.767. The van der Waals surface area contributed by atoms with Gasteiger partial charge in [0.05, 0.1) is 5.69 Å². The van der Waals surface area contributed by atoms with Gasteiger partial charge < -0.3 is 5.11 Å². The average Bonchev–Trinajstić information content (AvgIpc) is 2.87. The summed E-state index contributed by atoms with van der Waals surface area (Å²) in [6, 6.07) is 4.31. The van der Waals surface area contributed by atoms with Crippen LogP contribution in [-0.4, -0.2) is 20.9 Å². The molecule has 1 aliphatic rings. The highest BCUT2D eigenvalue weighted by Gasteiger charge is 2.30. The standard InChI is InChI=1S/C15H16N2O2/c1-4-17-14-11-6-9(3)8(2)5-10(11)7-12(14)13(16-17)15(18)19/h5-6H,4,7H2,1-3H3,(H,18,19). The first-order chi connectivity index (χ1) is 9.02. The number of hydrogen-bond donors (Lipinski definition) is 1. The van der Waals surface area contributed by atoms with E-state index in [1.807, 2.05) is 6.92 Å². The van der Waals surface area contributed by atoms with Crippen molar-refractivity contribution in [2.24, 2.45) is 0 Å². The van der Waals surface area contributed by atoms with E-state index in [1.54, 1.807) is 4.68 Å². The first-order valence-electron chi connectivity index (χ1n) is 6.46. The normalized spacial score (nSPS) is 12.4. The second-order valence-corrected chi connectivity index (χ2v) is 5.07. The van der Waals surface area contributed by atoms with Crippen molar-refractivity contribution in [2.45, 2.75) is 33.7 Å². The molecule has 3 rings (SSSR count). The summed E-state index contributed by atoms with van der Waals surface area (Å²) < 4.78 is 1.80. The van der Waals surface area contributed by atoms with E-state index in [0.717, 1.165) is 16.8 Å². The Balaban J connectivity index is 2.28. The van der Waals surface area contributed by atoms with Crippen molar-refractivity contribution in [1.82, 2.24) is 9.78 Å². The molecule has 4 nitrogen and oxygen atoms in total. The monoisotopic (exact) mass is 256 g/mol. The van der Waals surface area contributed by atoms with Crippen LogP contribution in [0.1, 0.15) is 39.7 Å². The van der Waals surface area contributed by atoms with Gasteiger partial charge >= 0.3 is 5.97 Å². The smallest absolute Gasteiger partial charge is 0.356 e. The van der Waals surface area contributed by atoms with Crippen molar-refractivity contribution >= 4 is 5.97 Å². The highest BCUT2D eigenvalue weighted by Crippen LogP contribution is 2.39. The van der Waals surface area contributed by atoms with Gasteiger partial charge in [-0.25, -0.2) is 4.79 Å². The van der Waals surface area contributed by atoms with Crippen LogP contribution in [-0.2, 0) is 13.0 Å². The molecule has 0 atom stereocenters. The third-order valence-electron chi connectivity index (χ3n) is 3.89. The number of hydrogen-bond acceptors (Lipinski definition) is 2. The molecule has 19 heavy (non-hydrogen) atoms. The fourth-order valence-corrected chi connectivity index (χ4v) is 2.80. The third kappa shape index (κ3) is 1.59. The zero-order valence-electron chi connectivity index (χ0n) is 11.3. The zero-order valence-corrected chi connectivity index (χ0v) is 11.3. The number of benzene rings is 1. The number of aryl methyl sites for hydroxylation is 3. The Morgan fingerprint density at radius 1 is 1.37 bits per heavy atom. The molecular weight excluding hydrogens is 240 g/mol. The lowest BCUT2D eigenvalue weighted by atomic mass is 10.0. The molecule has 0 radical (unpaired) electrons. The van der Waals surface area contributed by atoms with E-state index in [2.05, 4.69) is 31.1 Å². The van der Waals surface area contributed by atoms with Gasteiger partial charge in [0, 0.05) is 24.1 Å². The van der Waals surface area contributed by atoms with Crippen molar-refractivity contribution in [1.29, 1.82) is 0 Å². The van der Waals surface area contributed by atoms with Gasteiger partial charge in [-0.15, -0.1) is 0 Å². The van der Waals surface area contributed by atoms with E-state index in [0.29, 0.717) is 13.0 Å². The summed E-state index contributed by atoms with van der Waals surface area (Å²) in [5, 5.41) is 13.5. The van der Waals surface area contributed by atoms with Crippen LogP contribution in [0.15, 0.2) is 12.1 Å². The highest BCUT2D eigenvalue weighted by molar-refractivity contribution is 5.92. The predicted molar refractivity (Wildman–Crippen MR) is 72.6 cm³/mol. The minimum absolute atomic E-state index is 0.198. The minimum atomic E-state index is -0.940. The second kappa shape index (κ2) is 3.95. The third-order valence-corrected chi connectivity index (χ3v) is 3.89. The number of fused-ring (bicyclic) bond motifs is 3. The second-order valence-electron chi connectivity index (χ2n) is 5.07. The number of carboxylic acids is 1. The van der Waals surface area contributed by atoms with Crippen LogP contribution >= 0.6 is 0 Å². The first kappa shape index (κ1) is 12.0. The van der Waals surface area contributed by atoms with Gasteiger partial charge in [0.25, 0.3) is 0 Å². The Morgan fingerprint density at radius 2 is 2.05 bits per heavy atom. The van der Waals surface area contributed by atoms with Crippen LogP contribution in [0, 0.1) is 13.8 Å². The Morgan fingerprint density at radius 3 is 2.68 bits per heavy atom. The number of carboxylic acid groups (broad SMARTS) is 1. The maximum atomic E-state index is 11.3. The highest BCUT2D eigenvalue weighted by atomic mass is 16.4. The zero-order chi connectivity index (χ0) is 13.7. The van der Waals surface area contributed by atoms with Crippen molar-refractivity contribution < 1.29 is 9.90 Å². The summed E-state index contributed by atoms with van der Waals surface area (Å²) in [6.45, 7) is 6.83. The van der Waals surface area contributed by atoms with Gasteiger partial charge in [-0.1, -0.05) is 6.07 Å². The number of aromatic carboxylic acids is 1. The van der Waals surface area contributed by atoms with Crippen molar-refractivity contribution in [3.05, 3.63) is 40.1 Å². The lowest BCUT2D eigenvalue weighted by Gasteiger charge is -2.08. The number of nitrogens with zero attached hydrogens (tertiary/aromatic N) is 2. The fourth-order valence-electron chi connectivity index (χ4n) is 2.80. The number of rotatable bonds is 2. The van der Waals surface area contributed by atoms with Crippen LogP contribution < -0.4 is 0 Å². The van der Waals surface area contributed by atoms with Crippen LogP contribution in [0.3, 0.4) is 0 Å². The molecule has 0 saturated carbocycles. The Labute approximate surface area is 111 Å². The van der Waals surface area contributed by atoms with Gasteiger partial charge in [0.2, 0.25) is 0 Å². The molecule has 1 aromatic heterocycles. The Bertz CT molecular complexity index is 699. The summed E-state index contributed by atoms with van der Waals surface area (Å²) in [5.74, 6) is -0.940. The van der Waals surface area contributed by atoms with Crippen LogP contribution in [0.5, 0.6) is 0 Å². The first-order valence-corrected chi connectivity index (χ1v) is 6.46. The van der Waals surface area contributed by atoms with Crippen molar-refractivity contribution in [3.63, 3.8) is 0 Å². The molecule has 1 aliphatic carbocycles. The van der Waals surface area contributed by atoms with Gasteiger partial charge in [0.15, 0.2) is 5.69 Å². The maximum Gasteiger partial charge on any atom is 0.356 e. The SMILES string of the molecule is CCn1nc(C(=O)O)c2c1-c1cc(C)c(C)cc1C2. The summed E-state index contributed by atoms with van der Waals surface area (Å²) in [4.78, 5) is 11.3. The molecule has 2 aromatic rings. The molecule has 1 aromatic carbocycles.